The van der Waals surface area contributed by atoms with Gasteiger partial charge in [0, 0.05) is 24.8 Å². The van der Waals surface area contributed by atoms with E-state index >= 15 is 0 Å². The number of hydrogen-bond donors (Lipinski definition) is 0. The van der Waals surface area contributed by atoms with E-state index in [1.807, 2.05) is 20.8 Å². The highest BCUT2D eigenvalue weighted by Crippen LogP contribution is 2.20. The van der Waals surface area contributed by atoms with Crippen LogP contribution in [0.25, 0.3) is 5.82 Å². The van der Waals surface area contributed by atoms with Gasteiger partial charge in [-0.1, -0.05) is 32.4 Å². The zero-order valence-corrected chi connectivity index (χ0v) is 12.5. The van der Waals surface area contributed by atoms with Gasteiger partial charge in [0.15, 0.2) is 11.6 Å². The molecule has 2 heterocycles. The number of rotatable bonds is 4. The van der Waals surface area contributed by atoms with Gasteiger partial charge in [-0.2, -0.15) is 4.68 Å². The first-order valence-corrected chi connectivity index (χ1v) is 6.96. The van der Waals surface area contributed by atoms with Crippen molar-refractivity contribution >= 4 is 11.6 Å². The van der Waals surface area contributed by atoms with Gasteiger partial charge in [0.2, 0.25) is 0 Å². The SMILES string of the molecule is CCc1nc(Cl)c(C)c(-n2nc(CC)nc2CC)n1. The lowest BCUT2D eigenvalue weighted by molar-refractivity contribution is 0.746. The molecule has 0 saturated carbocycles. The maximum Gasteiger partial charge on any atom is 0.163 e. The van der Waals surface area contributed by atoms with Crippen LogP contribution in [0.5, 0.6) is 0 Å². The van der Waals surface area contributed by atoms with Crippen molar-refractivity contribution < 1.29 is 0 Å². The Hall–Kier alpha value is -1.49. The Morgan fingerprint density at radius 1 is 0.947 bits per heavy atom. The van der Waals surface area contributed by atoms with Crippen molar-refractivity contribution in [1.82, 2.24) is 24.7 Å². The summed E-state index contributed by atoms with van der Waals surface area (Å²) in [5.74, 6) is 3.18. The molecule has 5 nitrogen and oxygen atoms in total. The molecule has 0 spiro atoms. The highest BCUT2D eigenvalue weighted by Gasteiger charge is 2.15. The molecule has 0 N–H and O–H groups in total. The number of nitrogens with zero attached hydrogens (tertiary/aromatic N) is 5. The zero-order valence-electron chi connectivity index (χ0n) is 11.7. The van der Waals surface area contributed by atoms with E-state index in [2.05, 4.69) is 27.0 Å². The Morgan fingerprint density at radius 2 is 1.63 bits per heavy atom. The van der Waals surface area contributed by atoms with Crippen LogP contribution in [0.2, 0.25) is 5.15 Å². The van der Waals surface area contributed by atoms with Crippen LogP contribution in [0.15, 0.2) is 0 Å². The first-order valence-electron chi connectivity index (χ1n) is 6.58. The molecular formula is C13H18ClN5. The van der Waals surface area contributed by atoms with Gasteiger partial charge in [-0.3, -0.25) is 0 Å². The average Bonchev–Trinajstić information content (AvgIpc) is 2.84. The van der Waals surface area contributed by atoms with Gasteiger partial charge >= 0.3 is 0 Å². The van der Waals surface area contributed by atoms with Crippen LogP contribution in [0.3, 0.4) is 0 Å². The second-order valence-electron chi connectivity index (χ2n) is 4.30. The molecule has 19 heavy (non-hydrogen) atoms. The predicted octanol–water partition coefficient (Wildman–Crippen LogP) is 2.71. The summed E-state index contributed by atoms with van der Waals surface area (Å²) in [6.07, 6.45) is 2.35. The monoisotopic (exact) mass is 279 g/mol. The molecular weight excluding hydrogens is 262 g/mol. The van der Waals surface area contributed by atoms with Crippen molar-refractivity contribution in [3.05, 3.63) is 28.2 Å². The molecule has 0 radical (unpaired) electrons. The minimum atomic E-state index is 0.484. The summed E-state index contributed by atoms with van der Waals surface area (Å²) in [7, 11) is 0. The van der Waals surface area contributed by atoms with Crippen LogP contribution in [0.1, 0.15) is 43.8 Å². The molecule has 0 aliphatic rings. The van der Waals surface area contributed by atoms with Crippen LogP contribution in [-0.4, -0.2) is 24.7 Å². The first-order chi connectivity index (χ1) is 9.10. The molecule has 0 fully saturated rings. The van der Waals surface area contributed by atoms with Gasteiger partial charge < -0.3 is 0 Å². The maximum absolute atomic E-state index is 6.17. The van der Waals surface area contributed by atoms with E-state index in [1.54, 1.807) is 4.68 Å². The zero-order chi connectivity index (χ0) is 14.0. The first kappa shape index (κ1) is 13.9. The molecule has 0 aliphatic heterocycles. The fraction of sp³-hybridized carbons (Fsp3) is 0.538. The summed E-state index contributed by atoms with van der Waals surface area (Å²) in [4.78, 5) is 13.3. The summed E-state index contributed by atoms with van der Waals surface area (Å²) in [6, 6.07) is 0. The Bertz CT molecular complexity index is 591. The molecule has 0 saturated heterocycles. The summed E-state index contributed by atoms with van der Waals surface area (Å²) >= 11 is 6.17. The summed E-state index contributed by atoms with van der Waals surface area (Å²) in [5, 5.41) is 4.99. The maximum atomic E-state index is 6.17. The lowest BCUT2D eigenvalue weighted by atomic mass is 10.3. The lowest BCUT2D eigenvalue weighted by Crippen LogP contribution is -2.10. The summed E-state index contributed by atoms with van der Waals surface area (Å²) in [6.45, 7) is 8.00. The quantitative estimate of drug-likeness (QED) is 0.808. The van der Waals surface area contributed by atoms with E-state index < -0.39 is 0 Å². The molecule has 0 aromatic carbocycles. The summed E-state index contributed by atoms with van der Waals surface area (Å²) < 4.78 is 1.79. The van der Waals surface area contributed by atoms with Crippen LogP contribution in [0.4, 0.5) is 0 Å². The van der Waals surface area contributed by atoms with Crippen LogP contribution in [0, 0.1) is 6.92 Å². The van der Waals surface area contributed by atoms with E-state index in [1.165, 1.54) is 0 Å². The fourth-order valence-electron chi connectivity index (χ4n) is 1.82. The second kappa shape index (κ2) is 5.65. The molecule has 0 unspecified atom stereocenters. The van der Waals surface area contributed by atoms with E-state index in [4.69, 9.17) is 11.6 Å². The van der Waals surface area contributed by atoms with Crippen molar-refractivity contribution in [2.45, 2.75) is 47.0 Å². The molecule has 2 aromatic heterocycles. The molecule has 2 rings (SSSR count). The van der Waals surface area contributed by atoms with E-state index in [0.29, 0.717) is 5.15 Å². The number of aromatic nitrogens is 5. The number of aryl methyl sites for hydroxylation is 3. The molecule has 0 atom stereocenters. The van der Waals surface area contributed by atoms with E-state index in [-0.39, 0.29) is 0 Å². The standard InChI is InChI=1S/C13H18ClN5/c1-5-9-16-12(14)8(4)13(17-9)19-11(7-3)15-10(6-2)18-19/h5-7H2,1-4H3. The predicted molar refractivity (Wildman–Crippen MR) is 74.8 cm³/mol. The second-order valence-corrected chi connectivity index (χ2v) is 4.65. The fourth-order valence-corrected chi connectivity index (χ4v) is 2.01. The molecule has 2 aromatic rings. The molecule has 102 valence electrons. The molecule has 0 aliphatic carbocycles. The van der Waals surface area contributed by atoms with Crippen LogP contribution < -0.4 is 0 Å². The van der Waals surface area contributed by atoms with Gasteiger partial charge in [-0.15, -0.1) is 5.10 Å². The van der Waals surface area contributed by atoms with Gasteiger partial charge in [0.1, 0.15) is 16.8 Å². The Kier molecular flexibility index (Phi) is 4.14. The van der Waals surface area contributed by atoms with Crippen molar-refractivity contribution in [2.75, 3.05) is 0 Å². The van der Waals surface area contributed by atoms with Gasteiger partial charge in [-0.25, -0.2) is 15.0 Å². The molecule has 6 heteroatoms. The third-order valence-electron chi connectivity index (χ3n) is 2.97. The van der Waals surface area contributed by atoms with Crippen molar-refractivity contribution in [3.8, 4) is 5.82 Å². The van der Waals surface area contributed by atoms with Gasteiger partial charge in [0.25, 0.3) is 0 Å². The highest BCUT2D eigenvalue weighted by atomic mass is 35.5. The minimum absolute atomic E-state index is 0.484. The van der Waals surface area contributed by atoms with Crippen molar-refractivity contribution in [2.24, 2.45) is 0 Å². The molecule has 0 amide bonds. The number of halogens is 1. The summed E-state index contributed by atoms with van der Waals surface area (Å²) in [5.41, 5.74) is 0.834. The third kappa shape index (κ3) is 2.61. The minimum Gasteiger partial charge on any atom is -0.221 e. The number of hydrogen-bond acceptors (Lipinski definition) is 4. The Morgan fingerprint density at radius 3 is 2.21 bits per heavy atom. The van der Waals surface area contributed by atoms with Gasteiger partial charge in [-0.05, 0) is 6.92 Å². The average molecular weight is 280 g/mol. The van der Waals surface area contributed by atoms with E-state index in [9.17, 15) is 0 Å². The van der Waals surface area contributed by atoms with Crippen molar-refractivity contribution in [3.63, 3.8) is 0 Å². The van der Waals surface area contributed by atoms with E-state index in [0.717, 1.165) is 48.1 Å². The van der Waals surface area contributed by atoms with Crippen LogP contribution in [-0.2, 0) is 19.3 Å². The Balaban J connectivity index is 2.63. The Labute approximate surface area is 118 Å². The molecule has 0 bridgehead atoms. The van der Waals surface area contributed by atoms with Gasteiger partial charge in [0.05, 0.1) is 0 Å². The van der Waals surface area contributed by atoms with Crippen molar-refractivity contribution in [1.29, 1.82) is 0 Å². The highest BCUT2D eigenvalue weighted by molar-refractivity contribution is 6.30. The van der Waals surface area contributed by atoms with Crippen LogP contribution >= 0.6 is 11.6 Å². The topological polar surface area (TPSA) is 56.5 Å². The largest absolute Gasteiger partial charge is 0.221 e. The smallest absolute Gasteiger partial charge is 0.163 e. The third-order valence-corrected chi connectivity index (χ3v) is 3.34. The lowest BCUT2D eigenvalue weighted by Gasteiger charge is -2.09. The normalized spacial score (nSPS) is 11.0.